The van der Waals surface area contributed by atoms with E-state index in [2.05, 4.69) is 10.6 Å². The number of anilines is 1. The first kappa shape index (κ1) is 16.7. The lowest BCUT2D eigenvalue weighted by Crippen LogP contribution is -2.25. The maximum atomic E-state index is 12.6. The molecule has 1 heterocycles. The molecule has 4 rings (SSSR count). The number of hydrogen-bond acceptors (Lipinski definition) is 3. The van der Waals surface area contributed by atoms with Gasteiger partial charge in [-0.2, -0.15) is 0 Å². The minimum atomic E-state index is -0.357. The molecule has 2 amide bonds. The van der Waals surface area contributed by atoms with Crippen molar-refractivity contribution in [1.82, 2.24) is 5.32 Å². The monoisotopic (exact) mass is 368 g/mol. The molecule has 0 spiro atoms. The van der Waals surface area contributed by atoms with Crippen molar-refractivity contribution in [2.45, 2.75) is 25.8 Å². The van der Waals surface area contributed by atoms with E-state index in [1.54, 1.807) is 30.3 Å². The zero-order valence-electron chi connectivity index (χ0n) is 14.1. The van der Waals surface area contributed by atoms with Gasteiger partial charge in [0.15, 0.2) is 11.3 Å². The average molecular weight is 369 g/mol. The second kappa shape index (κ2) is 6.50. The van der Waals surface area contributed by atoms with E-state index in [1.807, 2.05) is 19.1 Å². The van der Waals surface area contributed by atoms with E-state index < -0.39 is 0 Å². The molecule has 0 aliphatic heterocycles. The minimum Gasteiger partial charge on any atom is -0.449 e. The van der Waals surface area contributed by atoms with Crippen molar-refractivity contribution in [1.29, 1.82) is 0 Å². The van der Waals surface area contributed by atoms with Gasteiger partial charge in [-0.25, -0.2) is 0 Å². The third-order valence-electron chi connectivity index (χ3n) is 4.44. The molecule has 1 aliphatic rings. The van der Waals surface area contributed by atoms with E-state index in [0.29, 0.717) is 27.9 Å². The van der Waals surface area contributed by atoms with E-state index in [-0.39, 0.29) is 17.6 Å². The van der Waals surface area contributed by atoms with Crippen LogP contribution in [-0.2, 0) is 0 Å². The number of benzene rings is 2. The topological polar surface area (TPSA) is 71.3 Å². The Morgan fingerprint density at radius 3 is 2.46 bits per heavy atom. The fraction of sp³-hybridized carbons (Fsp3) is 0.200. The van der Waals surface area contributed by atoms with E-state index in [1.165, 1.54) is 0 Å². The summed E-state index contributed by atoms with van der Waals surface area (Å²) in [6.45, 7) is 1.82. The summed E-state index contributed by atoms with van der Waals surface area (Å²) in [5, 5.41) is 7.00. The summed E-state index contributed by atoms with van der Waals surface area (Å²) in [5.74, 6) is -0.221. The summed E-state index contributed by atoms with van der Waals surface area (Å²) in [5.41, 5.74) is 2.40. The average Bonchev–Trinajstić information content (AvgIpc) is 3.37. The van der Waals surface area contributed by atoms with Crippen molar-refractivity contribution in [3.63, 3.8) is 0 Å². The number of fused-ring (bicyclic) bond motifs is 1. The second-order valence-electron chi connectivity index (χ2n) is 6.45. The first-order chi connectivity index (χ1) is 12.5. The summed E-state index contributed by atoms with van der Waals surface area (Å²) in [4.78, 5) is 24.6. The quantitative estimate of drug-likeness (QED) is 0.710. The molecule has 1 aliphatic carbocycles. The molecule has 6 heteroatoms. The van der Waals surface area contributed by atoms with Gasteiger partial charge in [0.05, 0.1) is 5.02 Å². The van der Waals surface area contributed by atoms with Gasteiger partial charge in [-0.05, 0) is 50.1 Å². The molecule has 0 unspecified atom stereocenters. The van der Waals surface area contributed by atoms with Crippen molar-refractivity contribution < 1.29 is 14.0 Å². The number of nitrogens with one attached hydrogen (secondary N) is 2. The van der Waals surface area contributed by atoms with Crippen molar-refractivity contribution >= 4 is 40.1 Å². The molecule has 132 valence electrons. The van der Waals surface area contributed by atoms with Crippen LogP contribution >= 0.6 is 11.6 Å². The van der Waals surface area contributed by atoms with Crippen LogP contribution in [0, 0.1) is 6.92 Å². The van der Waals surface area contributed by atoms with E-state index in [9.17, 15) is 9.59 Å². The standard InChI is InChI=1S/C20H17ClN2O3/c1-11-15-3-2-4-16(21)18(15)26-17(11)20(25)23-13-7-5-12(6-8-13)19(24)22-14-9-10-14/h2-8,14H,9-10H2,1H3,(H,22,24)(H,23,25). The Labute approximate surface area is 155 Å². The number of aryl methyl sites for hydroxylation is 1. The van der Waals surface area contributed by atoms with Gasteiger partial charge in [0, 0.05) is 28.2 Å². The first-order valence-corrected chi connectivity index (χ1v) is 8.80. The predicted molar refractivity (Wildman–Crippen MR) is 101 cm³/mol. The third-order valence-corrected chi connectivity index (χ3v) is 4.74. The zero-order valence-corrected chi connectivity index (χ0v) is 14.9. The Morgan fingerprint density at radius 2 is 1.81 bits per heavy atom. The maximum absolute atomic E-state index is 12.6. The fourth-order valence-electron chi connectivity index (χ4n) is 2.81. The Kier molecular flexibility index (Phi) is 4.17. The molecular formula is C20H17ClN2O3. The number of carbonyl (C=O) groups excluding carboxylic acids is 2. The summed E-state index contributed by atoms with van der Waals surface area (Å²) in [7, 11) is 0. The normalized spacial score (nSPS) is 13.6. The minimum absolute atomic E-state index is 0.0897. The van der Waals surface area contributed by atoms with Crippen molar-refractivity contribution in [3.8, 4) is 0 Å². The first-order valence-electron chi connectivity index (χ1n) is 8.43. The molecule has 0 atom stereocenters. The molecule has 3 aromatic rings. The molecule has 1 fully saturated rings. The van der Waals surface area contributed by atoms with Crippen molar-refractivity contribution in [2.24, 2.45) is 0 Å². The molecule has 26 heavy (non-hydrogen) atoms. The Balaban J connectivity index is 1.52. The van der Waals surface area contributed by atoms with Crippen molar-refractivity contribution in [3.05, 3.63) is 64.4 Å². The van der Waals surface area contributed by atoms with Crippen LogP contribution in [0.4, 0.5) is 5.69 Å². The molecule has 2 N–H and O–H groups in total. The Morgan fingerprint density at radius 1 is 1.08 bits per heavy atom. The summed E-state index contributed by atoms with van der Waals surface area (Å²) < 4.78 is 5.67. The van der Waals surface area contributed by atoms with E-state index in [4.69, 9.17) is 16.0 Å². The number of furan rings is 1. The number of rotatable bonds is 4. The van der Waals surface area contributed by atoms with Crippen LogP contribution in [0.1, 0.15) is 39.3 Å². The highest BCUT2D eigenvalue weighted by Crippen LogP contribution is 2.31. The van der Waals surface area contributed by atoms with Gasteiger partial charge in [-0.1, -0.05) is 23.7 Å². The van der Waals surface area contributed by atoms with Crippen LogP contribution in [0.5, 0.6) is 0 Å². The summed E-state index contributed by atoms with van der Waals surface area (Å²) in [6, 6.07) is 12.5. The van der Waals surface area contributed by atoms with Crippen LogP contribution in [-0.4, -0.2) is 17.9 Å². The lowest BCUT2D eigenvalue weighted by atomic mass is 10.1. The van der Waals surface area contributed by atoms with Crippen molar-refractivity contribution in [2.75, 3.05) is 5.32 Å². The molecule has 0 radical (unpaired) electrons. The van der Waals surface area contributed by atoms with Gasteiger partial charge in [0.2, 0.25) is 0 Å². The Hall–Kier alpha value is -2.79. The largest absolute Gasteiger partial charge is 0.449 e. The number of halogens is 1. The van der Waals surface area contributed by atoms with E-state index >= 15 is 0 Å². The molecule has 5 nitrogen and oxygen atoms in total. The zero-order chi connectivity index (χ0) is 18.3. The van der Waals surface area contributed by atoms with Gasteiger partial charge in [0.1, 0.15) is 0 Å². The number of amides is 2. The van der Waals surface area contributed by atoms with Gasteiger partial charge in [-0.15, -0.1) is 0 Å². The Bertz CT molecular complexity index is 1000. The highest BCUT2D eigenvalue weighted by molar-refractivity contribution is 6.35. The van der Waals surface area contributed by atoms with Crippen LogP contribution < -0.4 is 10.6 Å². The van der Waals surface area contributed by atoms with Gasteiger partial charge < -0.3 is 15.1 Å². The SMILES string of the molecule is Cc1c(C(=O)Nc2ccc(C(=O)NC3CC3)cc2)oc2c(Cl)cccc12. The van der Waals surface area contributed by atoms with Crippen LogP contribution in [0.3, 0.4) is 0 Å². The third kappa shape index (κ3) is 3.18. The molecule has 1 saturated carbocycles. The van der Waals surface area contributed by atoms with Crippen LogP contribution in [0.2, 0.25) is 5.02 Å². The maximum Gasteiger partial charge on any atom is 0.291 e. The number of para-hydroxylation sites is 1. The van der Waals surface area contributed by atoms with E-state index in [0.717, 1.165) is 23.8 Å². The fourth-order valence-corrected chi connectivity index (χ4v) is 3.03. The highest BCUT2D eigenvalue weighted by atomic mass is 35.5. The lowest BCUT2D eigenvalue weighted by molar-refractivity contribution is 0.0950. The van der Waals surface area contributed by atoms with Gasteiger partial charge in [0.25, 0.3) is 11.8 Å². The lowest BCUT2D eigenvalue weighted by Gasteiger charge is -2.06. The molecule has 2 aromatic carbocycles. The molecule has 1 aromatic heterocycles. The molecular weight excluding hydrogens is 352 g/mol. The smallest absolute Gasteiger partial charge is 0.291 e. The second-order valence-corrected chi connectivity index (χ2v) is 6.86. The van der Waals surface area contributed by atoms with Gasteiger partial charge >= 0.3 is 0 Å². The predicted octanol–water partition coefficient (Wildman–Crippen LogP) is 4.54. The van der Waals surface area contributed by atoms with Crippen LogP contribution in [0.15, 0.2) is 46.9 Å². The molecule has 0 bridgehead atoms. The van der Waals surface area contributed by atoms with Crippen LogP contribution in [0.25, 0.3) is 11.0 Å². The highest BCUT2D eigenvalue weighted by Gasteiger charge is 2.24. The number of carbonyl (C=O) groups is 2. The van der Waals surface area contributed by atoms with Gasteiger partial charge in [-0.3, -0.25) is 9.59 Å². The summed E-state index contributed by atoms with van der Waals surface area (Å²) >= 11 is 6.13. The number of hydrogen-bond donors (Lipinski definition) is 2. The molecule has 0 saturated heterocycles. The summed E-state index contributed by atoms with van der Waals surface area (Å²) in [6.07, 6.45) is 2.08.